The van der Waals surface area contributed by atoms with Crippen LogP contribution < -0.4 is 29.0 Å². The predicted octanol–water partition coefficient (Wildman–Crippen LogP) is 3.19. The smallest absolute Gasteiger partial charge is 0.261 e. The van der Waals surface area contributed by atoms with Crippen LogP contribution in [0.1, 0.15) is 18.9 Å². The largest absolute Gasteiger partial charge is 0.497 e. The van der Waals surface area contributed by atoms with Crippen molar-refractivity contribution in [2.75, 3.05) is 28.4 Å². The number of hydrogen-bond donors (Lipinski definition) is 1. The number of rotatable bonds is 10. The van der Waals surface area contributed by atoms with E-state index in [9.17, 15) is 4.79 Å². The summed E-state index contributed by atoms with van der Waals surface area (Å²) in [5, 5.41) is 2.89. The van der Waals surface area contributed by atoms with Gasteiger partial charge in [-0.2, -0.15) is 0 Å². The van der Waals surface area contributed by atoms with Crippen LogP contribution >= 0.6 is 0 Å². The summed E-state index contributed by atoms with van der Waals surface area (Å²) >= 11 is 0. The van der Waals surface area contributed by atoms with Gasteiger partial charge < -0.3 is 29.0 Å². The van der Waals surface area contributed by atoms with Crippen LogP contribution in [0, 0.1) is 0 Å². The van der Waals surface area contributed by atoms with Crippen LogP contribution in [0.3, 0.4) is 0 Å². The number of carbonyl (C=O) groups is 1. The second-order valence-electron chi connectivity index (χ2n) is 5.94. The second kappa shape index (κ2) is 10.3. The fraction of sp³-hybridized carbons (Fsp3) is 0.381. The lowest BCUT2D eigenvalue weighted by Gasteiger charge is -2.18. The minimum Gasteiger partial charge on any atom is -0.497 e. The molecule has 1 N–H and O–H groups in total. The maximum Gasteiger partial charge on any atom is 0.261 e. The third kappa shape index (κ3) is 5.22. The van der Waals surface area contributed by atoms with Gasteiger partial charge in [-0.3, -0.25) is 4.79 Å². The first kappa shape index (κ1) is 21.2. The number of hydrogen-bond acceptors (Lipinski definition) is 6. The molecule has 0 aliphatic rings. The number of benzene rings is 2. The fourth-order valence-electron chi connectivity index (χ4n) is 2.68. The van der Waals surface area contributed by atoms with Gasteiger partial charge in [-0.1, -0.05) is 6.92 Å². The maximum absolute atomic E-state index is 12.6. The first-order chi connectivity index (χ1) is 13.6. The standard InChI is InChI=1S/C21H27NO6/c1-6-17(28-16-9-7-15(24-2)8-10-16)21(23)22-13-14-11-18(25-3)20(27-5)19(12-14)26-4/h7-12,17H,6,13H2,1-5H3,(H,22,23)/t17-/m0/s1. The molecule has 2 aromatic carbocycles. The Labute approximate surface area is 165 Å². The Kier molecular flexibility index (Phi) is 7.80. The van der Waals surface area contributed by atoms with Crippen molar-refractivity contribution in [3.05, 3.63) is 42.0 Å². The summed E-state index contributed by atoms with van der Waals surface area (Å²) in [6.07, 6.45) is -0.0666. The highest BCUT2D eigenvalue weighted by Gasteiger charge is 2.19. The van der Waals surface area contributed by atoms with Gasteiger partial charge in [-0.05, 0) is 48.4 Å². The monoisotopic (exact) mass is 389 g/mol. The van der Waals surface area contributed by atoms with Crippen molar-refractivity contribution in [1.29, 1.82) is 0 Å². The average Bonchev–Trinajstić information content (AvgIpc) is 2.75. The number of nitrogens with one attached hydrogen (secondary N) is 1. The molecule has 0 radical (unpaired) electrons. The molecule has 0 fully saturated rings. The van der Waals surface area contributed by atoms with E-state index in [-0.39, 0.29) is 5.91 Å². The zero-order chi connectivity index (χ0) is 20.5. The Morgan fingerprint density at radius 2 is 1.46 bits per heavy atom. The molecule has 0 saturated carbocycles. The minimum atomic E-state index is -0.601. The molecule has 2 aromatic rings. The van der Waals surface area contributed by atoms with Crippen molar-refractivity contribution >= 4 is 5.91 Å². The highest BCUT2D eigenvalue weighted by Crippen LogP contribution is 2.38. The van der Waals surface area contributed by atoms with E-state index in [1.807, 2.05) is 6.92 Å². The Balaban J connectivity index is 2.04. The van der Waals surface area contributed by atoms with E-state index in [2.05, 4.69) is 5.32 Å². The molecule has 7 nitrogen and oxygen atoms in total. The molecule has 28 heavy (non-hydrogen) atoms. The Morgan fingerprint density at radius 1 is 0.893 bits per heavy atom. The van der Waals surface area contributed by atoms with Crippen LogP contribution in [0.25, 0.3) is 0 Å². The third-order valence-electron chi connectivity index (χ3n) is 4.19. The second-order valence-corrected chi connectivity index (χ2v) is 5.94. The van der Waals surface area contributed by atoms with Crippen LogP contribution in [-0.2, 0) is 11.3 Å². The topological polar surface area (TPSA) is 75.3 Å². The quantitative estimate of drug-likeness (QED) is 0.673. The lowest BCUT2D eigenvalue weighted by molar-refractivity contribution is -0.128. The Morgan fingerprint density at radius 3 is 1.93 bits per heavy atom. The molecular weight excluding hydrogens is 362 g/mol. The van der Waals surface area contributed by atoms with E-state index >= 15 is 0 Å². The van der Waals surface area contributed by atoms with Gasteiger partial charge in [0.15, 0.2) is 17.6 Å². The van der Waals surface area contributed by atoms with Crippen LogP contribution in [0.5, 0.6) is 28.7 Å². The lowest BCUT2D eigenvalue weighted by Crippen LogP contribution is -2.37. The van der Waals surface area contributed by atoms with Gasteiger partial charge in [0.25, 0.3) is 5.91 Å². The first-order valence-corrected chi connectivity index (χ1v) is 8.93. The highest BCUT2D eigenvalue weighted by atomic mass is 16.5. The van der Waals surface area contributed by atoms with E-state index in [1.54, 1.807) is 64.8 Å². The van der Waals surface area contributed by atoms with Crippen molar-refractivity contribution < 1.29 is 28.5 Å². The molecular formula is C21H27NO6. The fourth-order valence-corrected chi connectivity index (χ4v) is 2.68. The molecule has 1 amide bonds. The first-order valence-electron chi connectivity index (χ1n) is 8.93. The molecule has 0 aromatic heterocycles. The molecule has 152 valence electrons. The number of amides is 1. The summed E-state index contributed by atoms with van der Waals surface area (Å²) in [6, 6.07) is 10.7. The van der Waals surface area contributed by atoms with Gasteiger partial charge in [0, 0.05) is 6.54 Å². The van der Waals surface area contributed by atoms with Gasteiger partial charge in [0.05, 0.1) is 28.4 Å². The summed E-state index contributed by atoms with van der Waals surface area (Å²) in [7, 11) is 6.25. The predicted molar refractivity (Wildman–Crippen MR) is 106 cm³/mol. The van der Waals surface area contributed by atoms with E-state index in [0.717, 1.165) is 11.3 Å². The molecule has 1 atom stereocenters. The molecule has 0 spiro atoms. The molecule has 2 rings (SSSR count). The summed E-state index contributed by atoms with van der Waals surface area (Å²) in [4.78, 5) is 12.6. The highest BCUT2D eigenvalue weighted by molar-refractivity contribution is 5.81. The molecule has 0 saturated heterocycles. The van der Waals surface area contributed by atoms with E-state index in [0.29, 0.717) is 36.0 Å². The van der Waals surface area contributed by atoms with Crippen LogP contribution in [0.2, 0.25) is 0 Å². The van der Waals surface area contributed by atoms with E-state index in [1.165, 1.54) is 0 Å². The summed E-state index contributed by atoms with van der Waals surface area (Å²) in [5.74, 6) is 2.71. The van der Waals surface area contributed by atoms with Gasteiger partial charge in [-0.25, -0.2) is 0 Å². The van der Waals surface area contributed by atoms with E-state index in [4.69, 9.17) is 23.7 Å². The third-order valence-corrected chi connectivity index (χ3v) is 4.19. The van der Waals surface area contributed by atoms with Crippen molar-refractivity contribution in [1.82, 2.24) is 5.32 Å². The van der Waals surface area contributed by atoms with E-state index < -0.39 is 6.10 Å². The van der Waals surface area contributed by atoms with Crippen molar-refractivity contribution in [3.63, 3.8) is 0 Å². The molecule has 0 aliphatic heterocycles. The number of ether oxygens (including phenoxy) is 5. The zero-order valence-corrected chi connectivity index (χ0v) is 16.9. The normalized spacial score (nSPS) is 11.3. The minimum absolute atomic E-state index is 0.202. The molecule has 0 aliphatic carbocycles. The Bertz CT molecular complexity index is 750. The summed E-state index contributed by atoms with van der Waals surface area (Å²) in [6.45, 7) is 2.20. The van der Waals surface area contributed by atoms with Crippen molar-refractivity contribution in [2.24, 2.45) is 0 Å². The van der Waals surface area contributed by atoms with Gasteiger partial charge >= 0.3 is 0 Å². The maximum atomic E-state index is 12.6. The summed E-state index contributed by atoms with van der Waals surface area (Å²) < 4.78 is 26.9. The molecule has 0 heterocycles. The summed E-state index contributed by atoms with van der Waals surface area (Å²) in [5.41, 5.74) is 0.821. The van der Waals surface area contributed by atoms with Gasteiger partial charge in [0.1, 0.15) is 11.5 Å². The van der Waals surface area contributed by atoms with Crippen molar-refractivity contribution in [3.8, 4) is 28.7 Å². The van der Waals surface area contributed by atoms with Crippen LogP contribution in [-0.4, -0.2) is 40.5 Å². The van der Waals surface area contributed by atoms with Gasteiger partial charge in [-0.15, -0.1) is 0 Å². The lowest BCUT2D eigenvalue weighted by atomic mass is 10.1. The SMILES string of the molecule is CC[C@H](Oc1ccc(OC)cc1)C(=O)NCc1cc(OC)c(OC)c(OC)c1. The molecule has 0 bridgehead atoms. The van der Waals surface area contributed by atoms with Crippen LogP contribution in [0.15, 0.2) is 36.4 Å². The Hall–Kier alpha value is -3.09. The van der Waals surface area contributed by atoms with Crippen LogP contribution in [0.4, 0.5) is 0 Å². The molecule has 7 heteroatoms. The van der Waals surface area contributed by atoms with Gasteiger partial charge in [0.2, 0.25) is 5.75 Å². The number of methoxy groups -OCH3 is 4. The molecule has 0 unspecified atom stereocenters. The zero-order valence-electron chi connectivity index (χ0n) is 16.9. The average molecular weight is 389 g/mol. The number of carbonyl (C=O) groups excluding carboxylic acids is 1. The van der Waals surface area contributed by atoms with Crippen molar-refractivity contribution in [2.45, 2.75) is 26.0 Å².